The molecule has 1 aliphatic rings. The van der Waals surface area contributed by atoms with Gasteiger partial charge >= 0.3 is 0 Å². The summed E-state index contributed by atoms with van der Waals surface area (Å²) in [5.74, 6) is 1.14. The van der Waals surface area contributed by atoms with Crippen molar-refractivity contribution in [2.75, 3.05) is 19.8 Å². The van der Waals surface area contributed by atoms with E-state index in [0.29, 0.717) is 25.3 Å². The third-order valence-corrected chi connectivity index (χ3v) is 4.08. The third kappa shape index (κ3) is 3.85. The van der Waals surface area contributed by atoms with Crippen LogP contribution in [0.15, 0.2) is 42.5 Å². The van der Waals surface area contributed by atoms with Crippen LogP contribution in [0.2, 0.25) is 0 Å². The molecule has 0 aromatic heterocycles. The van der Waals surface area contributed by atoms with Crippen LogP contribution < -0.4 is 14.8 Å². The summed E-state index contributed by atoms with van der Waals surface area (Å²) >= 11 is 0. The Morgan fingerprint density at radius 3 is 2.75 bits per heavy atom. The van der Waals surface area contributed by atoms with Crippen molar-refractivity contribution in [3.05, 3.63) is 59.4 Å². The first-order valence-electron chi connectivity index (χ1n) is 8.07. The first-order valence-corrected chi connectivity index (χ1v) is 8.07. The number of hydrogen-bond acceptors (Lipinski definition) is 3. The minimum atomic E-state index is -0.410. The molecular formula is C19H20FNO3. The normalized spacial score (nSPS) is 14.1. The van der Waals surface area contributed by atoms with Gasteiger partial charge in [-0.2, -0.15) is 0 Å². The Morgan fingerprint density at radius 1 is 1.17 bits per heavy atom. The van der Waals surface area contributed by atoms with E-state index in [9.17, 15) is 9.18 Å². The van der Waals surface area contributed by atoms with Crippen molar-refractivity contribution in [2.45, 2.75) is 19.3 Å². The Kier molecular flexibility index (Phi) is 4.99. The molecule has 2 aromatic carbocycles. The molecule has 0 bridgehead atoms. The molecule has 0 aliphatic carbocycles. The largest absolute Gasteiger partial charge is 0.486 e. The van der Waals surface area contributed by atoms with Gasteiger partial charge in [-0.15, -0.1) is 0 Å². The van der Waals surface area contributed by atoms with Crippen molar-refractivity contribution >= 4 is 5.91 Å². The number of amides is 1. The number of ether oxygens (including phenoxy) is 2. The fraction of sp³-hybridized carbons (Fsp3) is 0.316. The van der Waals surface area contributed by atoms with E-state index >= 15 is 0 Å². The van der Waals surface area contributed by atoms with E-state index in [1.807, 2.05) is 18.2 Å². The van der Waals surface area contributed by atoms with Crippen molar-refractivity contribution in [1.82, 2.24) is 5.32 Å². The number of benzene rings is 2. The molecule has 1 atom stereocenters. The second kappa shape index (κ2) is 7.34. The van der Waals surface area contributed by atoms with Crippen LogP contribution in [-0.2, 0) is 0 Å². The summed E-state index contributed by atoms with van der Waals surface area (Å²) < 4.78 is 24.2. The molecule has 0 saturated carbocycles. The van der Waals surface area contributed by atoms with E-state index in [1.165, 1.54) is 18.2 Å². The molecule has 3 rings (SSSR count). The van der Waals surface area contributed by atoms with Crippen LogP contribution in [-0.4, -0.2) is 25.7 Å². The van der Waals surface area contributed by atoms with Gasteiger partial charge in [0.25, 0.3) is 5.91 Å². The quantitative estimate of drug-likeness (QED) is 0.913. The predicted molar refractivity (Wildman–Crippen MR) is 89.2 cm³/mol. The van der Waals surface area contributed by atoms with Crippen LogP contribution in [0.3, 0.4) is 0 Å². The molecule has 0 radical (unpaired) electrons. The maximum atomic E-state index is 13.1. The van der Waals surface area contributed by atoms with Crippen molar-refractivity contribution in [1.29, 1.82) is 0 Å². The molecule has 2 aromatic rings. The molecule has 4 nitrogen and oxygen atoms in total. The van der Waals surface area contributed by atoms with Crippen LogP contribution in [0.1, 0.15) is 35.2 Å². The Morgan fingerprint density at radius 2 is 1.96 bits per heavy atom. The highest BCUT2D eigenvalue weighted by molar-refractivity contribution is 5.94. The molecule has 0 fully saturated rings. The van der Waals surface area contributed by atoms with Gasteiger partial charge in [0.2, 0.25) is 0 Å². The minimum absolute atomic E-state index is 0.258. The summed E-state index contributed by atoms with van der Waals surface area (Å²) in [6.45, 7) is 3.76. The summed E-state index contributed by atoms with van der Waals surface area (Å²) in [6, 6.07) is 11.6. The van der Waals surface area contributed by atoms with E-state index in [1.54, 1.807) is 6.07 Å². The molecule has 1 amide bonds. The van der Waals surface area contributed by atoms with Crippen molar-refractivity contribution in [3.8, 4) is 11.5 Å². The maximum absolute atomic E-state index is 13.1. The zero-order valence-electron chi connectivity index (χ0n) is 13.5. The number of rotatable bonds is 5. The lowest BCUT2D eigenvalue weighted by atomic mass is 9.97. The van der Waals surface area contributed by atoms with Gasteiger partial charge in [0.15, 0.2) is 11.5 Å². The summed E-state index contributed by atoms with van der Waals surface area (Å²) in [7, 11) is 0. The third-order valence-electron chi connectivity index (χ3n) is 4.08. The molecule has 5 heteroatoms. The Bertz CT molecular complexity index is 732. The van der Waals surface area contributed by atoms with Gasteiger partial charge in [-0.25, -0.2) is 4.39 Å². The summed E-state index contributed by atoms with van der Waals surface area (Å²) in [6.07, 6.45) is 0.778. The number of carbonyl (C=O) groups is 1. The van der Waals surface area contributed by atoms with Crippen LogP contribution in [0.5, 0.6) is 11.5 Å². The van der Waals surface area contributed by atoms with Crippen LogP contribution in [0.25, 0.3) is 0 Å². The van der Waals surface area contributed by atoms with Crippen LogP contribution in [0.4, 0.5) is 4.39 Å². The van der Waals surface area contributed by atoms with Gasteiger partial charge < -0.3 is 14.8 Å². The average molecular weight is 329 g/mol. The molecule has 1 N–H and O–H groups in total. The second-order valence-electron chi connectivity index (χ2n) is 5.86. The van der Waals surface area contributed by atoms with Gasteiger partial charge in [0.1, 0.15) is 19.0 Å². The molecule has 24 heavy (non-hydrogen) atoms. The number of hydrogen-bond donors (Lipinski definition) is 1. The standard InChI is InChI=1S/C19H20FNO3/c1-13(14-5-6-17-18(12-14)24-10-9-23-17)7-8-21-19(22)15-3-2-4-16(20)11-15/h2-6,11-13H,7-10H2,1H3,(H,21,22). The van der Waals surface area contributed by atoms with Gasteiger partial charge in [-0.3, -0.25) is 4.79 Å². The number of nitrogens with one attached hydrogen (secondary N) is 1. The fourth-order valence-corrected chi connectivity index (χ4v) is 2.67. The predicted octanol–water partition coefficient (Wildman–Crippen LogP) is 3.52. The van der Waals surface area contributed by atoms with Gasteiger partial charge in [0, 0.05) is 12.1 Å². The van der Waals surface area contributed by atoms with Crippen LogP contribution in [0, 0.1) is 5.82 Å². The topological polar surface area (TPSA) is 47.6 Å². The molecule has 1 unspecified atom stereocenters. The lowest BCUT2D eigenvalue weighted by Gasteiger charge is -2.20. The first kappa shape index (κ1) is 16.3. The smallest absolute Gasteiger partial charge is 0.251 e. The molecule has 0 spiro atoms. The maximum Gasteiger partial charge on any atom is 0.251 e. The zero-order valence-corrected chi connectivity index (χ0v) is 13.5. The Balaban J connectivity index is 1.54. The van der Waals surface area contributed by atoms with Crippen LogP contribution >= 0.6 is 0 Å². The molecule has 126 valence electrons. The lowest BCUT2D eigenvalue weighted by molar-refractivity contribution is 0.0952. The summed E-state index contributed by atoms with van der Waals surface area (Å²) in [4.78, 5) is 12.0. The first-order chi connectivity index (χ1) is 11.6. The number of halogens is 1. The van der Waals surface area contributed by atoms with E-state index in [0.717, 1.165) is 23.5 Å². The van der Waals surface area contributed by atoms with E-state index in [-0.39, 0.29) is 11.8 Å². The van der Waals surface area contributed by atoms with E-state index in [4.69, 9.17) is 9.47 Å². The Hall–Kier alpha value is -2.56. The molecular weight excluding hydrogens is 309 g/mol. The minimum Gasteiger partial charge on any atom is -0.486 e. The lowest BCUT2D eigenvalue weighted by Crippen LogP contribution is -2.25. The average Bonchev–Trinajstić information content (AvgIpc) is 2.61. The number of fused-ring (bicyclic) bond motifs is 1. The van der Waals surface area contributed by atoms with Crippen molar-refractivity contribution in [2.24, 2.45) is 0 Å². The van der Waals surface area contributed by atoms with Gasteiger partial charge in [0.05, 0.1) is 0 Å². The Labute approximate surface area is 140 Å². The zero-order chi connectivity index (χ0) is 16.9. The van der Waals surface area contributed by atoms with E-state index in [2.05, 4.69) is 12.2 Å². The second-order valence-corrected chi connectivity index (χ2v) is 5.86. The monoisotopic (exact) mass is 329 g/mol. The van der Waals surface area contributed by atoms with Crippen molar-refractivity contribution < 1.29 is 18.7 Å². The summed E-state index contributed by atoms with van der Waals surface area (Å²) in [5.41, 5.74) is 1.47. The highest BCUT2D eigenvalue weighted by atomic mass is 19.1. The highest BCUT2D eigenvalue weighted by Crippen LogP contribution is 2.33. The molecule has 1 heterocycles. The number of carbonyl (C=O) groups excluding carboxylic acids is 1. The van der Waals surface area contributed by atoms with Gasteiger partial charge in [-0.05, 0) is 48.2 Å². The van der Waals surface area contributed by atoms with E-state index < -0.39 is 5.82 Å². The van der Waals surface area contributed by atoms with Gasteiger partial charge in [-0.1, -0.05) is 19.1 Å². The molecule has 1 aliphatic heterocycles. The SMILES string of the molecule is CC(CCNC(=O)c1cccc(F)c1)c1ccc2c(c1)OCCO2. The highest BCUT2D eigenvalue weighted by Gasteiger charge is 2.15. The molecule has 0 saturated heterocycles. The van der Waals surface area contributed by atoms with Crippen molar-refractivity contribution in [3.63, 3.8) is 0 Å². The fourth-order valence-electron chi connectivity index (χ4n) is 2.67. The summed E-state index contributed by atoms with van der Waals surface area (Å²) in [5, 5.41) is 2.83.